The molecule has 8 atom stereocenters. The van der Waals surface area contributed by atoms with Crippen LogP contribution < -0.4 is 0 Å². The molecule has 0 radical (unpaired) electrons. The van der Waals surface area contributed by atoms with E-state index in [-0.39, 0.29) is 107 Å². The Morgan fingerprint density at radius 1 is 0.333 bits per heavy atom. The molecular formula is C21H54O10Zr2. The fourth-order valence-corrected chi connectivity index (χ4v) is 1.97. The van der Waals surface area contributed by atoms with Gasteiger partial charge in [-0.15, -0.1) is 0 Å². The standard InChI is InChI=1S/4C5H12O2.CH4O.H2O.2Zr/c4*1-4(6)3-5(2)7;1-2;;;/h4*4-7H,3H2,1-2H3;2H,1H3;1H2;;. The van der Waals surface area contributed by atoms with Crippen molar-refractivity contribution in [1.29, 1.82) is 0 Å². The van der Waals surface area contributed by atoms with Crippen molar-refractivity contribution in [1.82, 2.24) is 0 Å². The molecule has 0 aliphatic carbocycles. The molecule has 0 amide bonds. The number of hydrogen-bond donors (Lipinski definition) is 9. The first-order chi connectivity index (χ1) is 13.5. The molecule has 0 bridgehead atoms. The molecule has 0 aliphatic rings. The van der Waals surface area contributed by atoms with Crippen molar-refractivity contribution in [3.8, 4) is 0 Å². The van der Waals surface area contributed by atoms with Gasteiger partial charge >= 0.3 is 0 Å². The summed E-state index contributed by atoms with van der Waals surface area (Å²) in [7, 11) is 1.00. The second-order valence-electron chi connectivity index (χ2n) is 7.73. The molecule has 0 aromatic rings. The SMILES string of the molecule is CC(O)CC(C)O.CC(O)CC(C)O.CC(O)CC(C)O.CC(O)CC(C)O.CO.O.[Zr].[Zr]. The molecule has 0 rings (SSSR count). The Labute approximate surface area is 239 Å². The molecule has 0 saturated carbocycles. The second-order valence-corrected chi connectivity index (χ2v) is 7.73. The van der Waals surface area contributed by atoms with E-state index in [2.05, 4.69) is 0 Å². The van der Waals surface area contributed by atoms with E-state index in [9.17, 15) is 0 Å². The smallest absolute Gasteiger partial charge is 0.0536 e. The summed E-state index contributed by atoms with van der Waals surface area (Å²) in [6.45, 7) is 13.3. The van der Waals surface area contributed by atoms with Crippen LogP contribution in [-0.2, 0) is 52.4 Å². The van der Waals surface area contributed by atoms with Crippen molar-refractivity contribution < 1.29 is 104 Å². The van der Waals surface area contributed by atoms with Gasteiger partial charge in [0.25, 0.3) is 0 Å². The number of hydrogen-bond acceptors (Lipinski definition) is 9. The van der Waals surface area contributed by atoms with Gasteiger partial charge in [-0.05, 0) is 81.1 Å². The van der Waals surface area contributed by atoms with Gasteiger partial charge in [0.1, 0.15) is 0 Å². The van der Waals surface area contributed by atoms with Crippen LogP contribution in [0.25, 0.3) is 0 Å². The maximum Gasteiger partial charge on any atom is 0.0536 e. The minimum absolute atomic E-state index is 0. The molecule has 0 aliphatic heterocycles. The van der Waals surface area contributed by atoms with Gasteiger partial charge in [0.2, 0.25) is 0 Å². The molecule has 8 unspecified atom stereocenters. The van der Waals surface area contributed by atoms with E-state index in [4.69, 9.17) is 46.0 Å². The van der Waals surface area contributed by atoms with Crippen molar-refractivity contribution in [3.05, 3.63) is 0 Å². The van der Waals surface area contributed by atoms with Crippen molar-refractivity contribution in [2.24, 2.45) is 0 Å². The fraction of sp³-hybridized carbons (Fsp3) is 1.00. The Kier molecular flexibility index (Phi) is 67.6. The molecule has 0 aromatic heterocycles. The summed E-state index contributed by atoms with van der Waals surface area (Å²) in [5.74, 6) is 0. The van der Waals surface area contributed by atoms with Crippen LogP contribution in [0.15, 0.2) is 0 Å². The number of rotatable bonds is 8. The molecule has 33 heavy (non-hydrogen) atoms. The van der Waals surface area contributed by atoms with Crippen LogP contribution in [0.5, 0.6) is 0 Å². The predicted octanol–water partition coefficient (Wildman–Crippen LogP) is -0.669. The monoisotopic (exact) mass is 646 g/mol. The van der Waals surface area contributed by atoms with Crippen LogP contribution in [0.4, 0.5) is 0 Å². The molecule has 0 fully saturated rings. The summed E-state index contributed by atoms with van der Waals surface area (Å²) in [5.41, 5.74) is 0. The molecule has 0 saturated heterocycles. The Balaban J connectivity index is -0.0000000398. The largest absolute Gasteiger partial charge is 0.412 e. The minimum atomic E-state index is -0.375. The zero-order valence-electron chi connectivity index (χ0n) is 22.0. The van der Waals surface area contributed by atoms with Crippen molar-refractivity contribution in [2.45, 2.75) is 130 Å². The topological polar surface area (TPSA) is 214 Å². The zero-order valence-corrected chi connectivity index (χ0v) is 26.9. The molecule has 0 aromatic carbocycles. The van der Waals surface area contributed by atoms with Crippen LogP contribution >= 0.6 is 0 Å². The quantitative estimate of drug-likeness (QED) is 0.163. The van der Waals surface area contributed by atoms with Crippen LogP contribution in [0.2, 0.25) is 0 Å². The average Bonchev–Trinajstić information content (AvgIpc) is 2.45. The second kappa shape index (κ2) is 40.5. The summed E-state index contributed by atoms with van der Waals surface area (Å²) in [6.07, 6.45) is -1.11. The molecule has 10 nitrogen and oxygen atoms in total. The summed E-state index contributed by atoms with van der Waals surface area (Å²) in [4.78, 5) is 0. The van der Waals surface area contributed by atoms with Gasteiger partial charge in [0, 0.05) is 59.5 Å². The van der Waals surface area contributed by atoms with Crippen molar-refractivity contribution in [3.63, 3.8) is 0 Å². The van der Waals surface area contributed by atoms with Gasteiger partial charge in [-0.2, -0.15) is 0 Å². The normalized spacial score (nSPS) is 16.2. The third-order valence-electron chi connectivity index (χ3n) is 2.73. The van der Waals surface area contributed by atoms with Crippen molar-refractivity contribution >= 4 is 0 Å². The molecule has 12 heteroatoms. The molecular weight excluding hydrogens is 595 g/mol. The van der Waals surface area contributed by atoms with E-state index >= 15 is 0 Å². The number of aliphatic hydroxyl groups is 9. The van der Waals surface area contributed by atoms with Crippen LogP contribution in [0.3, 0.4) is 0 Å². The van der Waals surface area contributed by atoms with Gasteiger partial charge in [0.05, 0.1) is 48.8 Å². The fourth-order valence-electron chi connectivity index (χ4n) is 1.97. The van der Waals surface area contributed by atoms with Gasteiger partial charge in [-0.25, -0.2) is 0 Å². The summed E-state index contributed by atoms with van der Waals surface area (Å²) in [5, 5.41) is 75.5. The molecule has 0 heterocycles. The summed E-state index contributed by atoms with van der Waals surface area (Å²) < 4.78 is 0. The maximum atomic E-state index is 8.56. The predicted molar refractivity (Wildman–Crippen MR) is 124 cm³/mol. The Hall–Kier alpha value is 1.37. The van der Waals surface area contributed by atoms with E-state index in [1.54, 1.807) is 55.4 Å². The first-order valence-corrected chi connectivity index (χ1v) is 10.4. The first kappa shape index (κ1) is 55.0. The third kappa shape index (κ3) is 109. The maximum absolute atomic E-state index is 8.56. The minimum Gasteiger partial charge on any atom is -0.412 e. The van der Waals surface area contributed by atoms with Gasteiger partial charge in [-0.1, -0.05) is 0 Å². The van der Waals surface area contributed by atoms with Crippen molar-refractivity contribution in [2.75, 3.05) is 7.11 Å². The van der Waals surface area contributed by atoms with Gasteiger partial charge < -0.3 is 51.4 Å². The van der Waals surface area contributed by atoms with E-state index in [0.717, 1.165) is 7.11 Å². The Bertz CT molecular complexity index is 212. The van der Waals surface area contributed by atoms with Gasteiger partial charge in [-0.3, -0.25) is 0 Å². The van der Waals surface area contributed by atoms with Gasteiger partial charge in [0.15, 0.2) is 0 Å². The van der Waals surface area contributed by atoms with Crippen LogP contribution in [0, 0.1) is 0 Å². The molecule has 11 N–H and O–H groups in total. The zero-order chi connectivity index (χ0) is 25.4. The van der Waals surface area contributed by atoms with E-state index in [1.807, 2.05) is 0 Å². The summed E-state index contributed by atoms with van der Waals surface area (Å²) in [6, 6.07) is 0. The van der Waals surface area contributed by atoms with Crippen LogP contribution in [-0.4, -0.2) is 107 Å². The van der Waals surface area contributed by atoms with E-state index in [0.29, 0.717) is 25.7 Å². The van der Waals surface area contributed by atoms with Crippen LogP contribution in [0.1, 0.15) is 81.1 Å². The third-order valence-corrected chi connectivity index (χ3v) is 2.73. The Morgan fingerprint density at radius 3 is 0.394 bits per heavy atom. The van der Waals surface area contributed by atoms with E-state index in [1.165, 1.54) is 0 Å². The Morgan fingerprint density at radius 2 is 0.394 bits per heavy atom. The number of aliphatic hydroxyl groups excluding tert-OH is 9. The molecule has 0 spiro atoms. The molecule has 206 valence electrons. The average molecular weight is 649 g/mol. The van der Waals surface area contributed by atoms with E-state index < -0.39 is 0 Å². The first-order valence-electron chi connectivity index (χ1n) is 10.4. The summed E-state index contributed by atoms with van der Waals surface area (Å²) >= 11 is 0.